The number of fused-ring (bicyclic) bond motifs is 1. The van der Waals surface area contributed by atoms with Gasteiger partial charge in [-0.15, -0.1) is 0 Å². The Morgan fingerprint density at radius 1 is 0.846 bits per heavy atom. The van der Waals surface area contributed by atoms with E-state index >= 15 is 0 Å². The largest absolute Gasteiger partial charge is 0.352 e. The Bertz CT molecular complexity index is 891. The highest BCUT2D eigenvalue weighted by Crippen LogP contribution is 2.35. The summed E-state index contributed by atoms with van der Waals surface area (Å²) >= 11 is 0. The van der Waals surface area contributed by atoms with Crippen molar-refractivity contribution in [3.05, 3.63) is 76.0 Å². The first-order valence-corrected chi connectivity index (χ1v) is 9.10. The van der Waals surface area contributed by atoms with Gasteiger partial charge in [0.2, 0.25) is 5.78 Å². The number of Topliss-reactive ketones (excluding diaryl/α,β-unsaturated/α-hetero) is 1. The third-order valence-corrected chi connectivity index (χ3v) is 4.80. The minimum absolute atomic E-state index is 0.132. The van der Waals surface area contributed by atoms with E-state index in [0.717, 1.165) is 16.8 Å². The fourth-order valence-electron chi connectivity index (χ4n) is 3.44. The number of hydrogen-bond acceptors (Lipinski definition) is 3. The molecular formula is C23H25NO2. The van der Waals surface area contributed by atoms with Gasteiger partial charge in [-0.3, -0.25) is 9.59 Å². The van der Waals surface area contributed by atoms with E-state index in [1.54, 1.807) is 24.3 Å². The number of ketones is 2. The van der Waals surface area contributed by atoms with Gasteiger partial charge in [0.15, 0.2) is 5.78 Å². The van der Waals surface area contributed by atoms with Crippen molar-refractivity contribution in [2.24, 2.45) is 0 Å². The van der Waals surface area contributed by atoms with Crippen LogP contribution in [0, 0.1) is 6.92 Å². The van der Waals surface area contributed by atoms with Gasteiger partial charge in [-0.1, -0.05) is 69.7 Å². The van der Waals surface area contributed by atoms with Crippen LogP contribution in [0.2, 0.25) is 0 Å². The number of anilines is 1. The molecule has 26 heavy (non-hydrogen) atoms. The molecule has 3 heteroatoms. The van der Waals surface area contributed by atoms with Crippen LogP contribution < -0.4 is 5.32 Å². The van der Waals surface area contributed by atoms with Gasteiger partial charge >= 0.3 is 0 Å². The van der Waals surface area contributed by atoms with Crippen molar-refractivity contribution in [3.63, 3.8) is 0 Å². The summed E-state index contributed by atoms with van der Waals surface area (Å²) in [5, 5.41) is 3.32. The minimum atomic E-state index is -0.134. The molecule has 2 aromatic rings. The lowest BCUT2D eigenvalue weighted by molar-refractivity contribution is 0.0985. The summed E-state index contributed by atoms with van der Waals surface area (Å²) in [6.07, 6.45) is 1.43. The van der Waals surface area contributed by atoms with Crippen LogP contribution in [0.1, 0.15) is 76.9 Å². The van der Waals surface area contributed by atoms with E-state index in [9.17, 15) is 9.59 Å². The van der Waals surface area contributed by atoms with E-state index < -0.39 is 0 Å². The summed E-state index contributed by atoms with van der Waals surface area (Å²) in [6.45, 7) is 10.7. The van der Waals surface area contributed by atoms with Gasteiger partial charge in [-0.2, -0.15) is 0 Å². The molecule has 0 saturated heterocycles. The highest BCUT2D eigenvalue weighted by Gasteiger charge is 2.26. The van der Waals surface area contributed by atoms with Crippen molar-refractivity contribution in [3.8, 4) is 0 Å². The molecule has 0 bridgehead atoms. The van der Waals surface area contributed by atoms with Gasteiger partial charge in [0.25, 0.3) is 0 Å². The second-order valence-electron chi connectivity index (χ2n) is 7.55. The summed E-state index contributed by atoms with van der Waals surface area (Å²) < 4.78 is 0. The van der Waals surface area contributed by atoms with Gasteiger partial charge in [-0.05, 0) is 29.9 Å². The molecule has 0 heterocycles. The number of allylic oxidation sites excluding steroid dienone is 2. The van der Waals surface area contributed by atoms with Crippen molar-refractivity contribution in [1.29, 1.82) is 0 Å². The van der Waals surface area contributed by atoms with Crippen LogP contribution in [-0.2, 0) is 0 Å². The molecule has 0 aromatic heterocycles. The first kappa shape index (κ1) is 18.1. The molecule has 0 fully saturated rings. The summed E-state index contributed by atoms with van der Waals surface area (Å²) in [7, 11) is 0. The smallest absolute Gasteiger partial charge is 0.210 e. The Kier molecular flexibility index (Phi) is 4.82. The highest BCUT2D eigenvalue weighted by molar-refractivity contribution is 6.25. The molecular weight excluding hydrogens is 322 g/mol. The lowest BCUT2D eigenvalue weighted by Gasteiger charge is -2.24. The molecule has 0 atom stereocenters. The molecule has 0 saturated carbocycles. The third-order valence-electron chi connectivity index (χ3n) is 4.80. The van der Waals surface area contributed by atoms with E-state index in [2.05, 4.69) is 52.1 Å². The molecule has 2 aromatic carbocycles. The maximum Gasteiger partial charge on any atom is 0.210 e. The maximum atomic E-state index is 12.9. The zero-order chi connectivity index (χ0) is 19.0. The number of benzene rings is 2. The fraction of sp³-hybridized carbons (Fsp3) is 0.304. The highest BCUT2D eigenvalue weighted by atomic mass is 16.1. The minimum Gasteiger partial charge on any atom is -0.352 e. The number of nitrogens with one attached hydrogen (secondary N) is 1. The Hall–Kier alpha value is -2.68. The summed E-state index contributed by atoms with van der Waals surface area (Å²) in [6, 6.07) is 11.3. The lowest BCUT2D eigenvalue weighted by atomic mass is 9.89. The Morgan fingerprint density at radius 3 is 1.92 bits per heavy atom. The second kappa shape index (κ2) is 6.91. The molecule has 0 radical (unpaired) electrons. The zero-order valence-corrected chi connectivity index (χ0v) is 16.0. The van der Waals surface area contributed by atoms with Crippen LogP contribution in [0.4, 0.5) is 5.69 Å². The van der Waals surface area contributed by atoms with Gasteiger partial charge in [0.05, 0.1) is 5.70 Å². The summed E-state index contributed by atoms with van der Waals surface area (Å²) in [5.74, 6) is 0.339. The average molecular weight is 347 g/mol. The number of hydrogen-bond donors (Lipinski definition) is 1. The SMILES string of the molecule is Cc1cc(C(C)C)c(NC2=CC(=O)c3ccccc3C2=O)c(C(C)C)c1. The number of carbonyl (C=O) groups excluding carboxylic acids is 2. The standard InChI is InChI=1S/C23H25NO2/c1-13(2)18-10-15(5)11-19(14(3)4)22(18)24-20-12-21(25)16-8-6-7-9-17(16)23(20)26/h6-14,24H,1-5H3. The first-order chi connectivity index (χ1) is 12.3. The molecule has 3 nitrogen and oxygen atoms in total. The van der Waals surface area contributed by atoms with Gasteiger partial charge in [0.1, 0.15) is 0 Å². The van der Waals surface area contributed by atoms with E-state index in [1.807, 2.05) is 0 Å². The Morgan fingerprint density at radius 2 is 1.38 bits per heavy atom. The molecule has 134 valence electrons. The molecule has 1 aliphatic rings. The zero-order valence-electron chi connectivity index (χ0n) is 16.0. The number of aryl methyl sites for hydroxylation is 1. The Balaban J connectivity index is 2.10. The number of rotatable bonds is 4. The normalized spacial score (nSPS) is 13.9. The molecule has 0 aliphatic heterocycles. The molecule has 3 rings (SSSR count). The molecule has 0 unspecified atom stereocenters. The average Bonchev–Trinajstić information content (AvgIpc) is 2.60. The van der Waals surface area contributed by atoms with Gasteiger partial charge < -0.3 is 5.32 Å². The van der Waals surface area contributed by atoms with Crippen LogP contribution in [0.15, 0.2) is 48.2 Å². The van der Waals surface area contributed by atoms with Gasteiger partial charge in [0, 0.05) is 22.9 Å². The molecule has 0 spiro atoms. The maximum absolute atomic E-state index is 12.9. The molecule has 0 amide bonds. The predicted octanol–water partition coefficient (Wildman–Crippen LogP) is 5.62. The summed E-state index contributed by atoms with van der Waals surface area (Å²) in [5.41, 5.74) is 5.76. The summed E-state index contributed by atoms with van der Waals surface area (Å²) in [4.78, 5) is 25.4. The van der Waals surface area contributed by atoms with Crippen molar-refractivity contribution in [1.82, 2.24) is 0 Å². The van der Waals surface area contributed by atoms with Crippen molar-refractivity contribution in [2.75, 3.05) is 5.32 Å². The molecule has 1 N–H and O–H groups in total. The van der Waals surface area contributed by atoms with E-state index in [0.29, 0.717) is 28.7 Å². The topological polar surface area (TPSA) is 46.2 Å². The second-order valence-corrected chi connectivity index (χ2v) is 7.55. The van der Waals surface area contributed by atoms with E-state index in [4.69, 9.17) is 0 Å². The van der Waals surface area contributed by atoms with Gasteiger partial charge in [-0.25, -0.2) is 0 Å². The van der Waals surface area contributed by atoms with Crippen LogP contribution in [0.3, 0.4) is 0 Å². The number of carbonyl (C=O) groups is 2. The quantitative estimate of drug-likeness (QED) is 0.781. The predicted molar refractivity (Wildman–Crippen MR) is 106 cm³/mol. The first-order valence-electron chi connectivity index (χ1n) is 9.10. The van der Waals surface area contributed by atoms with Crippen molar-refractivity contribution < 1.29 is 9.59 Å². The van der Waals surface area contributed by atoms with Crippen LogP contribution in [-0.4, -0.2) is 11.6 Å². The van der Waals surface area contributed by atoms with E-state index in [-0.39, 0.29) is 11.6 Å². The lowest BCUT2D eigenvalue weighted by Crippen LogP contribution is -2.22. The Labute approximate surface area is 155 Å². The molecule has 1 aliphatic carbocycles. The van der Waals surface area contributed by atoms with Crippen molar-refractivity contribution >= 4 is 17.3 Å². The monoisotopic (exact) mass is 347 g/mol. The van der Waals surface area contributed by atoms with Crippen LogP contribution in [0.5, 0.6) is 0 Å². The fourth-order valence-corrected chi connectivity index (χ4v) is 3.44. The van der Waals surface area contributed by atoms with E-state index in [1.165, 1.54) is 11.6 Å². The van der Waals surface area contributed by atoms with Crippen LogP contribution >= 0.6 is 0 Å². The van der Waals surface area contributed by atoms with Crippen LogP contribution in [0.25, 0.3) is 0 Å². The third kappa shape index (κ3) is 3.22. The van der Waals surface area contributed by atoms with Crippen molar-refractivity contribution in [2.45, 2.75) is 46.5 Å².